The molecule has 1 heterocycles. The van der Waals surface area contributed by atoms with Crippen LogP contribution in [0.5, 0.6) is 0 Å². The quantitative estimate of drug-likeness (QED) is 0.912. The van der Waals surface area contributed by atoms with Crippen LogP contribution in [-0.2, 0) is 13.0 Å². The molecule has 0 bridgehead atoms. The maximum Gasteiger partial charge on any atom is 0.0598 e. The van der Waals surface area contributed by atoms with E-state index < -0.39 is 0 Å². The zero-order valence-corrected chi connectivity index (χ0v) is 13.5. The third-order valence-corrected chi connectivity index (χ3v) is 3.88. The highest BCUT2D eigenvalue weighted by molar-refractivity contribution is 9.10. The number of hydrogen-bond donors (Lipinski definition) is 1. The summed E-state index contributed by atoms with van der Waals surface area (Å²) in [5.41, 5.74) is 9.32. The molecule has 0 aliphatic carbocycles. The summed E-state index contributed by atoms with van der Waals surface area (Å²) >= 11 is 3.63. The monoisotopic (exact) mass is 333 g/mol. The first-order valence-electron chi connectivity index (χ1n) is 6.71. The van der Waals surface area contributed by atoms with Crippen LogP contribution in [0.3, 0.4) is 0 Å². The molecule has 1 aromatic heterocycles. The fourth-order valence-corrected chi connectivity index (χ4v) is 2.64. The molecule has 1 atom stereocenters. The maximum absolute atomic E-state index is 5.85. The number of halogens is 1. The molecule has 0 spiro atoms. The van der Waals surface area contributed by atoms with Crippen molar-refractivity contribution in [3.05, 3.63) is 58.3 Å². The molecule has 106 valence electrons. The minimum Gasteiger partial charge on any atom is -0.369 e. The molecule has 2 aromatic rings. The third kappa shape index (κ3) is 4.05. The standard InChI is InChI=1S/C16H20BrN3/c1-12(18)9-13-6-7-15(10-16(13)17)20(2)11-14-5-3-4-8-19-14/h3-8,10,12H,9,11,18H2,1-2H3. The van der Waals surface area contributed by atoms with Gasteiger partial charge in [-0.2, -0.15) is 0 Å². The minimum absolute atomic E-state index is 0.170. The summed E-state index contributed by atoms with van der Waals surface area (Å²) in [7, 11) is 2.07. The Hall–Kier alpha value is -1.39. The summed E-state index contributed by atoms with van der Waals surface area (Å²) in [6.07, 6.45) is 2.70. The van der Waals surface area contributed by atoms with Gasteiger partial charge in [-0.05, 0) is 43.2 Å². The van der Waals surface area contributed by atoms with Gasteiger partial charge < -0.3 is 10.6 Å². The smallest absolute Gasteiger partial charge is 0.0598 e. The topological polar surface area (TPSA) is 42.1 Å². The minimum atomic E-state index is 0.170. The van der Waals surface area contributed by atoms with E-state index in [2.05, 4.69) is 51.1 Å². The van der Waals surface area contributed by atoms with Gasteiger partial charge in [0, 0.05) is 29.4 Å². The molecule has 4 heteroatoms. The van der Waals surface area contributed by atoms with Gasteiger partial charge in [0.05, 0.1) is 12.2 Å². The van der Waals surface area contributed by atoms with Gasteiger partial charge in [-0.25, -0.2) is 0 Å². The Labute approximate surface area is 129 Å². The molecule has 0 saturated heterocycles. The average Bonchev–Trinajstić information content (AvgIpc) is 2.41. The summed E-state index contributed by atoms with van der Waals surface area (Å²) in [6.45, 7) is 2.81. The van der Waals surface area contributed by atoms with Gasteiger partial charge in [0.2, 0.25) is 0 Å². The number of hydrogen-bond acceptors (Lipinski definition) is 3. The first-order chi connectivity index (χ1) is 9.56. The third-order valence-electron chi connectivity index (χ3n) is 3.14. The van der Waals surface area contributed by atoms with Crippen LogP contribution < -0.4 is 10.6 Å². The molecular weight excluding hydrogens is 314 g/mol. The van der Waals surface area contributed by atoms with E-state index in [0.717, 1.165) is 28.8 Å². The number of pyridine rings is 1. The largest absolute Gasteiger partial charge is 0.369 e. The van der Waals surface area contributed by atoms with Gasteiger partial charge in [0.15, 0.2) is 0 Å². The van der Waals surface area contributed by atoms with Gasteiger partial charge in [-0.3, -0.25) is 4.98 Å². The van der Waals surface area contributed by atoms with Crippen LogP contribution in [-0.4, -0.2) is 18.1 Å². The van der Waals surface area contributed by atoms with Crippen molar-refractivity contribution in [2.45, 2.75) is 25.9 Å². The highest BCUT2D eigenvalue weighted by Gasteiger charge is 2.07. The predicted octanol–water partition coefficient (Wildman–Crippen LogP) is 3.37. The zero-order valence-electron chi connectivity index (χ0n) is 11.9. The number of nitrogens with zero attached hydrogens (tertiary/aromatic N) is 2. The summed E-state index contributed by atoms with van der Waals surface area (Å²) in [5, 5.41) is 0. The van der Waals surface area contributed by atoms with E-state index >= 15 is 0 Å². The van der Waals surface area contributed by atoms with Crippen molar-refractivity contribution in [3.63, 3.8) is 0 Å². The van der Waals surface area contributed by atoms with E-state index in [-0.39, 0.29) is 6.04 Å². The van der Waals surface area contributed by atoms with Gasteiger partial charge in [-0.15, -0.1) is 0 Å². The van der Waals surface area contributed by atoms with E-state index in [0.29, 0.717) is 0 Å². The number of nitrogens with two attached hydrogens (primary N) is 1. The molecule has 0 fully saturated rings. The Morgan fingerprint density at radius 1 is 1.30 bits per heavy atom. The van der Waals surface area contributed by atoms with Crippen LogP contribution in [0.25, 0.3) is 0 Å². The fourth-order valence-electron chi connectivity index (χ4n) is 2.11. The molecule has 1 unspecified atom stereocenters. The van der Waals surface area contributed by atoms with E-state index in [4.69, 9.17) is 5.73 Å². The Morgan fingerprint density at radius 3 is 2.70 bits per heavy atom. The lowest BCUT2D eigenvalue weighted by Crippen LogP contribution is -2.19. The number of rotatable bonds is 5. The zero-order chi connectivity index (χ0) is 14.5. The summed E-state index contributed by atoms with van der Waals surface area (Å²) in [4.78, 5) is 6.54. The molecule has 2 N–H and O–H groups in total. The maximum atomic E-state index is 5.85. The van der Waals surface area contributed by atoms with Crippen molar-refractivity contribution < 1.29 is 0 Å². The average molecular weight is 334 g/mol. The fraction of sp³-hybridized carbons (Fsp3) is 0.312. The normalized spacial score (nSPS) is 12.2. The van der Waals surface area contributed by atoms with Crippen LogP contribution in [0, 0.1) is 0 Å². The van der Waals surface area contributed by atoms with Crippen LogP contribution in [0.4, 0.5) is 5.69 Å². The van der Waals surface area contributed by atoms with Crippen LogP contribution >= 0.6 is 15.9 Å². The van der Waals surface area contributed by atoms with Gasteiger partial charge in [-0.1, -0.05) is 28.1 Å². The van der Waals surface area contributed by atoms with Crippen LogP contribution in [0.2, 0.25) is 0 Å². The SMILES string of the molecule is CC(N)Cc1ccc(N(C)Cc2ccccn2)cc1Br. The molecule has 0 amide bonds. The Morgan fingerprint density at radius 2 is 2.10 bits per heavy atom. The van der Waals surface area contributed by atoms with E-state index in [1.165, 1.54) is 5.56 Å². The van der Waals surface area contributed by atoms with E-state index in [1.54, 1.807) is 0 Å². The number of benzene rings is 1. The molecule has 1 aromatic carbocycles. The lowest BCUT2D eigenvalue weighted by molar-refractivity contribution is 0.736. The van der Waals surface area contributed by atoms with Crippen molar-refractivity contribution in [2.75, 3.05) is 11.9 Å². The second-order valence-electron chi connectivity index (χ2n) is 5.13. The summed E-state index contributed by atoms with van der Waals surface area (Å²) < 4.78 is 1.11. The summed E-state index contributed by atoms with van der Waals surface area (Å²) in [5.74, 6) is 0. The Bertz CT molecular complexity index is 555. The van der Waals surface area contributed by atoms with Crippen molar-refractivity contribution in [3.8, 4) is 0 Å². The molecule has 0 aliphatic heterocycles. The highest BCUT2D eigenvalue weighted by atomic mass is 79.9. The molecule has 2 rings (SSSR count). The predicted molar refractivity (Wildman–Crippen MR) is 87.8 cm³/mol. The number of aromatic nitrogens is 1. The second-order valence-corrected chi connectivity index (χ2v) is 5.99. The Balaban J connectivity index is 2.11. The van der Waals surface area contributed by atoms with Gasteiger partial charge in [0.1, 0.15) is 0 Å². The first kappa shape index (κ1) is 15.0. The van der Waals surface area contributed by atoms with Crippen molar-refractivity contribution in [1.82, 2.24) is 4.98 Å². The van der Waals surface area contributed by atoms with Gasteiger partial charge >= 0.3 is 0 Å². The van der Waals surface area contributed by atoms with Crippen molar-refractivity contribution in [1.29, 1.82) is 0 Å². The molecule has 0 aliphatic rings. The van der Waals surface area contributed by atoms with E-state index in [1.807, 2.05) is 31.3 Å². The van der Waals surface area contributed by atoms with Crippen molar-refractivity contribution >= 4 is 21.6 Å². The molecular formula is C16H20BrN3. The lowest BCUT2D eigenvalue weighted by Gasteiger charge is -2.20. The molecule has 3 nitrogen and oxygen atoms in total. The number of anilines is 1. The Kier molecular flexibility index (Phi) is 5.15. The van der Waals surface area contributed by atoms with Crippen LogP contribution in [0.15, 0.2) is 47.1 Å². The summed E-state index contributed by atoms with van der Waals surface area (Å²) in [6, 6.07) is 12.6. The molecule has 0 saturated carbocycles. The van der Waals surface area contributed by atoms with E-state index in [9.17, 15) is 0 Å². The molecule has 0 radical (unpaired) electrons. The highest BCUT2D eigenvalue weighted by Crippen LogP contribution is 2.25. The van der Waals surface area contributed by atoms with Crippen molar-refractivity contribution in [2.24, 2.45) is 5.73 Å². The first-order valence-corrected chi connectivity index (χ1v) is 7.50. The molecule has 20 heavy (non-hydrogen) atoms. The van der Waals surface area contributed by atoms with Crippen LogP contribution in [0.1, 0.15) is 18.2 Å². The van der Waals surface area contributed by atoms with Gasteiger partial charge in [0.25, 0.3) is 0 Å². The second kappa shape index (κ2) is 6.86. The lowest BCUT2D eigenvalue weighted by atomic mass is 10.1.